The summed E-state index contributed by atoms with van der Waals surface area (Å²) in [5.74, 6) is -2.23. The van der Waals surface area contributed by atoms with Crippen molar-refractivity contribution in [2.24, 2.45) is 0 Å². The van der Waals surface area contributed by atoms with E-state index in [4.69, 9.17) is 32.7 Å². The third-order valence-electron chi connectivity index (χ3n) is 5.95. The fourth-order valence-electron chi connectivity index (χ4n) is 4.23. The highest BCUT2D eigenvalue weighted by atomic mass is 35.5. The maximum absolute atomic E-state index is 13.3. The summed E-state index contributed by atoms with van der Waals surface area (Å²) in [7, 11) is 1.41. The molecule has 1 saturated heterocycles. The van der Waals surface area contributed by atoms with Gasteiger partial charge in [-0.05, 0) is 42.3 Å². The first-order chi connectivity index (χ1) is 17.8. The van der Waals surface area contributed by atoms with E-state index in [1.807, 2.05) is 6.07 Å². The van der Waals surface area contributed by atoms with Crippen molar-refractivity contribution < 1.29 is 29.0 Å². The number of carbonyl (C=O) groups excluding carboxylic acids is 3. The van der Waals surface area contributed by atoms with Crippen LogP contribution in [-0.4, -0.2) is 41.4 Å². The first kappa shape index (κ1) is 26.3. The fraction of sp³-hybridized carbons (Fsp3) is 0.179. The molecule has 3 aromatic carbocycles. The highest BCUT2D eigenvalue weighted by Crippen LogP contribution is 2.42. The van der Waals surface area contributed by atoms with Crippen molar-refractivity contribution in [3.8, 4) is 5.75 Å². The minimum absolute atomic E-state index is 0.0636. The first-order valence-corrected chi connectivity index (χ1v) is 12.1. The van der Waals surface area contributed by atoms with Gasteiger partial charge in [0.25, 0.3) is 11.7 Å². The molecule has 1 unspecified atom stereocenters. The van der Waals surface area contributed by atoms with Gasteiger partial charge in [-0.2, -0.15) is 0 Å². The summed E-state index contributed by atoms with van der Waals surface area (Å²) >= 11 is 12.5. The molecule has 4 rings (SSSR count). The Morgan fingerprint density at radius 2 is 1.59 bits per heavy atom. The summed E-state index contributed by atoms with van der Waals surface area (Å²) in [5.41, 5.74) is 1.79. The van der Waals surface area contributed by atoms with Crippen LogP contribution in [0.2, 0.25) is 10.0 Å². The van der Waals surface area contributed by atoms with Gasteiger partial charge in [0.1, 0.15) is 5.76 Å². The molecule has 1 N–H and O–H groups in total. The molecule has 1 fully saturated rings. The molecule has 7 nitrogen and oxygen atoms in total. The zero-order valence-corrected chi connectivity index (χ0v) is 21.5. The Hall–Kier alpha value is -3.81. The number of amides is 1. The minimum atomic E-state index is -0.870. The lowest BCUT2D eigenvalue weighted by Crippen LogP contribution is -2.29. The summed E-state index contributed by atoms with van der Waals surface area (Å²) in [6, 6.07) is 17.5. The van der Waals surface area contributed by atoms with Crippen molar-refractivity contribution in [3.05, 3.63) is 105 Å². The Bertz CT molecular complexity index is 1360. The van der Waals surface area contributed by atoms with E-state index in [9.17, 15) is 19.5 Å². The standard InChI is InChI=1S/C28H23Cl2NO6/c1-3-37-28(35)18-11-9-16(10-12-18)15-31-23(17-7-5-4-6-8-17)22(25(33)27(31)34)24(32)19-13-20(29)26(36-2)21(30)14-19/h4-14,23,32H,3,15H2,1-2H3/b24-22+. The molecule has 0 saturated carbocycles. The molecular weight excluding hydrogens is 517 g/mol. The van der Waals surface area contributed by atoms with Crippen LogP contribution in [0.15, 0.2) is 72.3 Å². The third-order valence-corrected chi connectivity index (χ3v) is 6.51. The van der Waals surface area contributed by atoms with Crippen LogP contribution in [0.25, 0.3) is 5.76 Å². The third kappa shape index (κ3) is 5.19. The summed E-state index contributed by atoms with van der Waals surface area (Å²) in [5, 5.41) is 11.5. The zero-order chi connectivity index (χ0) is 26.7. The number of benzene rings is 3. The number of methoxy groups -OCH3 is 1. The van der Waals surface area contributed by atoms with Gasteiger partial charge < -0.3 is 19.5 Å². The number of aliphatic hydroxyl groups excluding tert-OH is 1. The van der Waals surface area contributed by atoms with Crippen LogP contribution in [-0.2, 0) is 20.9 Å². The number of halogens is 2. The maximum Gasteiger partial charge on any atom is 0.338 e. The van der Waals surface area contributed by atoms with Gasteiger partial charge in [-0.25, -0.2) is 4.79 Å². The van der Waals surface area contributed by atoms with Crippen LogP contribution in [0.5, 0.6) is 5.75 Å². The van der Waals surface area contributed by atoms with Crippen molar-refractivity contribution >= 4 is 46.6 Å². The Morgan fingerprint density at radius 3 is 2.16 bits per heavy atom. The van der Waals surface area contributed by atoms with E-state index in [0.29, 0.717) is 16.7 Å². The van der Waals surface area contributed by atoms with E-state index in [2.05, 4.69) is 0 Å². The summed E-state index contributed by atoms with van der Waals surface area (Å²) in [6.07, 6.45) is 0. The second-order valence-electron chi connectivity index (χ2n) is 8.23. The molecular formula is C28H23Cl2NO6. The fourth-order valence-corrected chi connectivity index (χ4v) is 4.87. The topological polar surface area (TPSA) is 93.1 Å². The van der Waals surface area contributed by atoms with E-state index >= 15 is 0 Å². The number of hydrogen-bond donors (Lipinski definition) is 1. The zero-order valence-electron chi connectivity index (χ0n) is 20.0. The summed E-state index contributed by atoms with van der Waals surface area (Å²) < 4.78 is 10.2. The molecule has 3 aromatic rings. The van der Waals surface area contributed by atoms with Crippen LogP contribution < -0.4 is 4.74 Å². The molecule has 0 aromatic heterocycles. The monoisotopic (exact) mass is 539 g/mol. The Kier molecular flexibility index (Phi) is 7.86. The van der Waals surface area contributed by atoms with Crippen molar-refractivity contribution in [1.82, 2.24) is 4.90 Å². The SMILES string of the molecule is CCOC(=O)c1ccc(CN2C(=O)C(=O)/C(=C(/O)c3cc(Cl)c(OC)c(Cl)c3)C2c2ccccc2)cc1. The number of carbonyl (C=O) groups is 3. The molecule has 0 spiro atoms. The normalized spacial score (nSPS) is 16.6. The highest BCUT2D eigenvalue weighted by molar-refractivity contribution is 6.46. The van der Waals surface area contributed by atoms with E-state index < -0.39 is 29.5 Å². The molecule has 190 valence electrons. The van der Waals surface area contributed by atoms with Crippen LogP contribution >= 0.6 is 23.2 Å². The Morgan fingerprint density at radius 1 is 0.973 bits per heavy atom. The lowest BCUT2D eigenvalue weighted by atomic mass is 9.95. The molecule has 1 aliphatic rings. The quantitative estimate of drug-likeness (QED) is 0.176. The van der Waals surface area contributed by atoms with Crippen molar-refractivity contribution in [2.45, 2.75) is 19.5 Å². The van der Waals surface area contributed by atoms with Crippen molar-refractivity contribution in [2.75, 3.05) is 13.7 Å². The molecule has 1 heterocycles. The van der Waals surface area contributed by atoms with Gasteiger partial charge in [0.05, 0.1) is 40.9 Å². The number of esters is 1. The number of aliphatic hydroxyl groups is 1. The molecule has 1 aliphatic heterocycles. The van der Waals surface area contributed by atoms with Crippen LogP contribution in [0.3, 0.4) is 0 Å². The predicted molar refractivity (Wildman–Crippen MR) is 140 cm³/mol. The lowest BCUT2D eigenvalue weighted by Gasteiger charge is -2.25. The molecule has 1 atom stereocenters. The maximum atomic E-state index is 13.3. The van der Waals surface area contributed by atoms with Crippen LogP contribution in [0, 0.1) is 0 Å². The van der Waals surface area contributed by atoms with Gasteiger partial charge in [-0.15, -0.1) is 0 Å². The predicted octanol–water partition coefficient (Wildman–Crippen LogP) is 5.80. The van der Waals surface area contributed by atoms with Gasteiger partial charge in [-0.1, -0.05) is 65.7 Å². The molecule has 37 heavy (non-hydrogen) atoms. The average Bonchev–Trinajstić information content (AvgIpc) is 3.14. The molecule has 1 amide bonds. The van der Waals surface area contributed by atoms with Gasteiger partial charge in [0.2, 0.25) is 0 Å². The second kappa shape index (κ2) is 11.1. The van der Waals surface area contributed by atoms with E-state index in [1.54, 1.807) is 55.5 Å². The number of nitrogens with zero attached hydrogens (tertiary/aromatic N) is 1. The number of rotatable bonds is 7. The Labute approximate surface area is 223 Å². The smallest absolute Gasteiger partial charge is 0.338 e. The van der Waals surface area contributed by atoms with E-state index in [-0.39, 0.29) is 40.1 Å². The molecule has 0 aliphatic carbocycles. The van der Waals surface area contributed by atoms with Crippen LogP contribution in [0.1, 0.15) is 40.0 Å². The minimum Gasteiger partial charge on any atom is -0.507 e. The number of hydrogen-bond acceptors (Lipinski definition) is 6. The second-order valence-corrected chi connectivity index (χ2v) is 9.04. The van der Waals surface area contributed by atoms with Crippen molar-refractivity contribution in [1.29, 1.82) is 0 Å². The molecule has 0 bridgehead atoms. The number of ether oxygens (including phenoxy) is 2. The largest absolute Gasteiger partial charge is 0.507 e. The first-order valence-electron chi connectivity index (χ1n) is 11.4. The highest BCUT2D eigenvalue weighted by Gasteiger charge is 2.46. The average molecular weight is 540 g/mol. The van der Waals surface area contributed by atoms with E-state index in [0.717, 1.165) is 0 Å². The number of likely N-dealkylation sites (tertiary alicyclic amines) is 1. The van der Waals surface area contributed by atoms with Gasteiger partial charge >= 0.3 is 5.97 Å². The summed E-state index contributed by atoms with van der Waals surface area (Å²) in [6.45, 7) is 2.04. The van der Waals surface area contributed by atoms with Gasteiger partial charge in [0, 0.05) is 12.1 Å². The molecule has 9 heteroatoms. The number of ketones is 1. The lowest BCUT2D eigenvalue weighted by molar-refractivity contribution is -0.140. The van der Waals surface area contributed by atoms with Gasteiger partial charge in [0.15, 0.2) is 5.75 Å². The number of Topliss-reactive ketones (excluding diaryl/α,β-unsaturated/α-hetero) is 1. The summed E-state index contributed by atoms with van der Waals surface area (Å²) in [4.78, 5) is 39.8. The van der Waals surface area contributed by atoms with E-state index in [1.165, 1.54) is 24.1 Å². The molecule has 0 radical (unpaired) electrons. The Balaban J connectivity index is 1.78. The van der Waals surface area contributed by atoms with Crippen LogP contribution in [0.4, 0.5) is 0 Å². The van der Waals surface area contributed by atoms with Crippen molar-refractivity contribution in [3.63, 3.8) is 0 Å². The van der Waals surface area contributed by atoms with Gasteiger partial charge in [-0.3, -0.25) is 9.59 Å².